The SMILES string of the molecule is COC(=O)[C@]1(Cc2ccccc2CN=[N+]=[N-])N=C(c2ccc(OCCCO)cc2)O[C@@H]1c1ccccc1CN=[N+]=[N-]. The molecular formula is C29H29N7O5. The molecule has 12 heteroatoms. The third-order valence-corrected chi connectivity index (χ3v) is 6.70. The molecule has 2 atom stereocenters. The Kier molecular flexibility index (Phi) is 9.80. The summed E-state index contributed by atoms with van der Waals surface area (Å²) in [5.74, 6) is 0.232. The van der Waals surface area contributed by atoms with Gasteiger partial charge in [0, 0.05) is 34.8 Å². The van der Waals surface area contributed by atoms with Crippen molar-refractivity contribution in [3.63, 3.8) is 0 Å². The van der Waals surface area contributed by atoms with E-state index in [1.165, 1.54) is 7.11 Å². The molecule has 1 aliphatic rings. The highest BCUT2D eigenvalue weighted by Crippen LogP contribution is 2.44. The molecule has 0 unspecified atom stereocenters. The Labute approximate surface area is 236 Å². The van der Waals surface area contributed by atoms with Crippen LogP contribution >= 0.6 is 0 Å². The van der Waals surface area contributed by atoms with Crippen LogP contribution in [0.3, 0.4) is 0 Å². The number of ether oxygens (including phenoxy) is 3. The molecule has 0 aromatic heterocycles. The van der Waals surface area contributed by atoms with E-state index >= 15 is 0 Å². The standard InChI is InChI=1S/C29H29N7O5/c1-39-28(38)29(17-21-7-2-3-8-22(21)18-32-35-30)26(25-10-5-4-9-23(25)19-33-36-31)41-27(34-29)20-11-13-24(14-12-20)40-16-6-15-37/h2-5,7-14,26,37H,6,15-19H2,1H3/t26-,29-/m1/s1. The van der Waals surface area contributed by atoms with Crippen molar-refractivity contribution in [3.05, 3.63) is 121 Å². The van der Waals surface area contributed by atoms with Gasteiger partial charge in [0.15, 0.2) is 6.10 Å². The number of hydrogen-bond acceptors (Lipinski definition) is 8. The summed E-state index contributed by atoms with van der Waals surface area (Å²) in [6.45, 7) is 0.550. The molecule has 1 aliphatic heterocycles. The highest BCUT2D eigenvalue weighted by atomic mass is 16.5. The fraction of sp³-hybridized carbons (Fsp3) is 0.310. The third-order valence-electron chi connectivity index (χ3n) is 6.70. The molecule has 0 saturated heterocycles. The van der Waals surface area contributed by atoms with E-state index in [1.807, 2.05) is 48.5 Å². The molecule has 210 valence electrons. The number of esters is 1. The average molecular weight is 556 g/mol. The monoisotopic (exact) mass is 555 g/mol. The molecule has 41 heavy (non-hydrogen) atoms. The zero-order chi connectivity index (χ0) is 29.1. The van der Waals surface area contributed by atoms with E-state index in [-0.39, 0.29) is 32.0 Å². The van der Waals surface area contributed by atoms with Crippen molar-refractivity contribution in [1.82, 2.24) is 0 Å². The summed E-state index contributed by atoms with van der Waals surface area (Å²) in [5, 5.41) is 16.4. The lowest BCUT2D eigenvalue weighted by molar-refractivity contribution is -0.150. The largest absolute Gasteiger partial charge is 0.494 e. The van der Waals surface area contributed by atoms with E-state index < -0.39 is 17.6 Å². The minimum atomic E-state index is -1.56. The smallest absolute Gasteiger partial charge is 0.338 e. The number of carbonyl (C=O) groups excluding carboxylic acids is 1. The number of aliphatic hydroxyl groups excluding tert-OH is 1. The second-order valence-electron chi connectivity index (χ2n) is 9.20. The highest BCUT2D eigenvalue weighted by Gasteiger charge is 2.55. The summed E-state index contributed by atoms with van der Waals surface area (Å²) in [6.07, 6.45) is -0.330. The molecule has 0 spiro atoms. The van der Waals surface area contributed by atoms with Crippen molar-refractivity contribution < 1.29 is 24.1 Å². The van der Waals surface area contributed by atoms with Crippen LogP contribution in [0.1, 0.15) is 40.3 Å². The molecular weight excluding hydrogens is 526 g/mol. The van der Waals surface area contributed by atoms with Gasteiger partial charge in [0.25, 0.3) is 0 Å². The number of aliphatic hydroxyl groups is 1. The Balaban J connectivity index is 1.84. The maximum Gasteiger partial charge on any atom is 0.338 e. The Bertz CT molecular complexity index is 1500. The van der Waals surface area contributed by atoms with Gasteiger partial charge in [-0.2, -0.15) is 0 Å². The molecule has 0 amide bonds. The minimum absolute atomic E-state index is 0.0346. The molecule has 0 radical (unpaired) electrons. The van der Waals surface area contributed by atoms with Crippen LogP contribution in [0.5, 0.6) is 5.75 Å². The van der Waals surface area contributed by atoms with Crippen molar-refractivity contribution in [1.29, 1.82) is 0 Å². The van der Waals surface area contributed by atoms with Crippen molar-refractivity contribution >= 4 is 11.9 Å². The lowest BCUT2D eigenvalue weighted by Gasteiger charge is -2.31. The molecule has 4 rings (SSSR count). The molecule has 1 N–H and O–H groups in total. The van der Waals surface area contributed by atoms with Crippen LogP contribution in [0, 0.1) is 0 Å². The van der Waals surface area contributed by atoms with Crippen molar-refractivity contribution in [2.75, 3.05) is 20.3 Å². The van der Waals surface area contributed by atoms with E-state index in [4.69, 9.17) is 35.4 Å². The number of azide groups is 2. The van der Waals surface area contributed by atoms with E-state index in [9.17, 15) is 4.79 Å². The lowest BCUT2D eigenvalue weighted by atomic mass is 9.80. The molecule has 3 aromatic carbocycles. The van der Waals surface area contributed by atoms with E-state index in [0.29, 0.717) is 35.5 Å². The van der Waals surface area contributed by atoms with Gasteiger partial charge in [-0.1, -0.05) is 58.8 Å². The zero-order valence-electron chi connectivity index (χ0n) is 22.5. The van der Waals surface area contributed by atoms with Crippen LogP contribution < -0.4 is 4.74 Å². The second-order valence-corrected chi connectivity index (χ2v) is 9.20. The van der Waals surface area contributed by atoms with Gasteiger partial charge in [-0.25, -0.2) is 9.79 Å². The highest BCUT2D eigenvalue weighted by molar-refractivity contribution is 6.00. The van der Waals surface area contributed by atoms with Crippen molar-refractivity contribution in [2.24, 2.45) is 15.2 Å². The van der Waals surface area contributed by atoms with Gasteiger partial charge in [-0.3, -0.25) is 0 Å². The maximum atomic E-state index is 13.7. The Morgan fingerprint density at radius 2 is 1.61 bits per heavy atom. The number of nitrogens with zero attached hydrogens (tertiary/aromatic N) is 7. The van der Waals surface area contributed by atoms with Crippen LogP contribution in [0.4, 0.5) is 0 Å². The maximum absolute atomic E-state index is 13.7. The summed E-state index contributed by atoms with van der Waals surface area (Å²) >= 11 is 0. The molecule has 12 nitrogen and oxygen atoms in total. The predicted molar refractivity (Wildman–Crippen MR) is 151 cm³/mol. The number of hydrogen-bond donors (Lipinski definition) is 1. The molecule has 3 aromatic rings. The third kappa shape index (κ3) is 6.59. The van der Waals surface area contributed by atoms with Gasteiger partial charge in [-0.05, 0) is 57.6 Å². The Morgan fingerprint density at radius 3 is 2.27 bits per heavy atom. The van der Waals surface area contributed by atoms with E-state index in [2.05, 4.69) is 20.1 Å². The van der Waals surface area contributed by atoms with E-state index in [1.54, 1.807) is 24.3 Å². The molecule has 1 heterocycles. The summed E-state index contributed by atoms with van der Waals surface area (Å²) in [5.41, 5.74) is 19.7. The van der Waals surface area contributed by atoms with Crippen molar-refractivity contribution in [3.8, 4) is 5.75 Å². The number of rotatable bonds is 13. The Hall–Kier alpha value is -5.02. The predicted octanol–water partition coefficient (Wildman–Crippen LogP) is 5.74. The first-order chi connectivity index (χ1) is 20.1. The van der Waals surface area contributed by atoms with Crippen molar-refractivity contribution in [2.45, 2.75) is 37.6 Å². The number of aliphatic imine (C=N–C) groups is 1. The van der Waals surface area contributed by atoms with Crippen LogP contribution in [-0.4, -0.2) is 42.8 Å². The molecule has 0 aliphatic carbocycles. The quantitative estimate of drug-likeness (QED) is 0.0928. The lowest BCUT2D eigenvalue weighted by Crippen LogP contribution is -2.44. The number of carbonyl (C=O) groups is 1. The van der Waals surface area contributed by atoms with Gasteiger partial charge >= 0.3 is 5.97 Å². The topological polar surface area (TPSA) is 175 Å². The summed E-state index contributed by atoms with van der Waals surface area (Å²) < 4.78 is 17.5. The van der Waals surface area contributed by atoms with E-state index in [0.717, 1.165) is 11.1 Å². The van der Waals surface area contributed by atoms with Crippen LogP contribution in [-0.2, 0) is 33.8 Å². The van der Waals surface area contributed by atoms with Gasteiger partial charge < -0.3 is 19.3 Å². The first-order valence-corrected chi connectivity index (χ1v) is 12.9. The second kappa shape index (κ2) is 13.9. The van der Waals surface area contributed by atoms with Gasteiger partial charge in [0.1, 0.15) is 5.75 Å². The van der Waals surface area contributed by atoms with Crippen LogP contribution in [0.15, 0.2) is 88.0 Å². The first kappa shape index (κ1) is 29.0. The van der Waals surface area contributed by atoms with Gasteiger partial charge in [-0.15, -0.1) is 0 Å². The minimum Gasteiger partial charge on any atom is -0.494 e. The molecule has 0 fully saturated rings. The summed E-state index contributed by atoms with van der Waals surface area (Å²) in [6, 6.07) is 21.7. The average Bonchev–Trinajstić information content (AvgIpc) is 3.39. The fourth-order valence-electron chi connectivity index (χ4n) is 4.73. The molecule has 0 bridgehead atoms. The first-order valence-electron chi connectivity index (χ1n) is 12.9. The normalized spacial score (nSPS) is 17.4. The Morgan fingerprint density at radius 1 is 0.976 bits per heavy atom. The van der Waals surface area contributed by atoms with Gasteiger partial charge in [0.05, 0.1) is 26.8 Å². The zero-order valence-corrected chi connectivity index (χ0v) is 22.5. The van der Waals surface area contributed by atoms with Gasteiger partial charge in [0.2, 0.25) is 11.4 Å². The summed E-state index contributed by atoms with van der Waals surface area (Å²) in [4.78, 5) is 24.4. The number of methoxy groups -OCH3 is 1. The fourth-order valence-corrected chi connectivity index (χ4v) is 4.73. The summed E-state index contributed by atoms with van der Waals surface area (Å²) in [7, 11) is 1.30. The van der Waals surface area contributed by atoms with Crippen LogP contribution in [0.25, 0.3) is 20.9 Å². The molecule has 0 saturated carbocycles. The number of benzene rings is 3. The van der Waals surface area contributed by atoms with Crippen LogP contribution in [0.2, 0.25) is 0 Å².